The van der Waals surface area contributed by atoms with Gasteiger partial charge >= 0.3 is 12.2 Å². The van der Waals surface area contributed by atoms with Crippen molar-refractivity contribution in [2.45, 2.75) is 12.8 Å². The van der Waals surface area contributed by atoms with Gasteiger partial charge in [0, 0.05) is 13.1 Å². The summed E-state index contributed by atoms with van der Waals surface area (Å²) in [5.74, 6) is 0.804. The zero-order valence-electron chi connectivity index (χ0n) is 21.1. The Labute approximate surface area is 239 Å². The van der Waals surface area contributed by atoms with Crippen LogP contribution in [-0.2, 0) is 0 Å². The molecular weight excluding hydrogens is 547 g/mol. The van der Waals surface area contributed by atoms with Gasteiger partial charge in [-0.05, 0) is 37.1 Å². The molecule has 0 bridgehead atoms. The summed E-state index contributed by atoms with van der Waals surface area (Å²) in [6.45, 7) is 1.41. The summed E-state index contributed by atoms with van der Waals surface area (Å²) in [5, 5.41) is 5.35. The van der Waals surface area contributed by atoms with Gasteiger partial charge in [0.15, 0.2) is 23.0 Å². The molecule has 0 saturated carbocycles. The van der Waals surface area contributed by atoms with Crippen molar-refractivity contribution in [1.29, 1.82) is 0 Å². The molecule has 0 atom stereocenters. The molecule has 3 aromatic rings. The summed E-state index contributed by atoms with van der Waals surface area (Å²) in [6.07, 6.45) is -0.303. The summed E-state index contributed by atoms with van der Waals surface area (Å²) < 4.78 is 23.5. The van der Waals surface area contributed by atoms with Crippen molar-refractivity contribution in [3.8, 4) is 45.3 Å². The van der Waals surface area contributed by atoms with Crippen molar-refractivity contribution < 1.29 is 28.5 Å². The zero-order valence-corrected chi connectivity index (χ0v) is 22.8. The van der Waals surface area contributed by atoms with Crippen LogP contribution in [0.4, 0.5) is 9.59 Å². The molecule has 1 aliphatic heterocycles. The molecule has 4 rings (SSSR count). The van der Waals surface area contributed by atoms with E-state index >= 15 is 0 Å². The molecule has 210 valence electrons. The third kappa shape index (κ3) is 7.67. The molecule has 10 nitrogen and oxygen atoms in total. The highest BCUT2D eigenvalue weighted by atomic mass is 35.5. The van der Waals surface area contributed by atoms with Crippen molar-refractivity contribution >= 4 is 37.0 Å². The van der Waals surface area contributed by atoms with Gasteiger partial charge in [-0.25, -0.2) is 9.59 Å². The lowest BCUT2D eigenvalue weighted by atomic mass is 9.95. The van der Waals surface area contributed by atoms with E-state index in [4.69, 9.17) is 30.4 Å². The van der Waals surface area contributed by atoms with E-state index in [1.807, 2.05) is 60.7 Å². The lowest BCUT2D eigenvalue weighted by Gasteiger charge is -2.21. The quantitative estimate of drug-likeness (QED) is 0.258. The number of rotatable bonds is 10. The number of carbonyl (C=O) groups is 2. The van der Waals surface area contributed by atoms with Gasteiger partial charge < -0.3 is 41.0 Å². The summed E-state index contributed by atoms with van der Waals surface area (Å²) in [7, 11) is 0. The van der Waals surface area contributed by atoms with Gasteiger partial charge in [0.2, 0.25) is 6.79 Å². The van der Waals surface area contributed by atoms with Crippen LogP contribution in [0.15, 0.2) is 60.7 Å². The number of hydrogen-bond acceptors (Lipinski definition) is 8. The van der Waals surface area contributed by atoms with Crippen molar-refractivity contribution in [3.05, 3.63) is 60.7 Å². The van der Waals surface area contributed by atoms with Crippen molar-refractivity contribution in [2.75, 3.05) is 33.0 Å². The van der Waals surface area contributed by atoms with E-state index in [9.17, 15) is 9.59 Å². The molecule has 3 aromatic carbocycles. The zero-order chi connectivity index (χ0) is 26.0. The van der Waals surface area contributed by atoms with E-state index in [-0.39, 0.29) is 43.1 Å². The van der Waals surface area contributed by atoms with Gasteiger partial charge in [-0.1, -0.05) is 60.7 Å². The van der Waals surface area contributed by atoms with Crippen LogP contribution in [0.2, 0.25) is 0 Å². The van der Waals surface area contributed by atoms with Crippen LogP contribution in [0.3, 0.4) is 0 Å². The topological polar surface area (TPSA) is 147 Å². The Bertz CT molecular complexity index is 1140. The second-order valence-corrected chi connectivity index (χ2v) is 8.12. The van der Waals surface area contributed by atoms with Gasteiger partial charge in [0.1, 0.15) is 0 Å². The molecule has 0 unspecified atom stereocenters. The number of fused-ring (bicyclic) bond motifs is 1. The first-order valence-electron chi connectivity index (χ1n) is 12.1. The van der Waals surface area contributed by atoms with Crippen molar-refractivity contribution in [3.63, 3.8) is 0 Å². The smallest absolute Gasteiger partial charge is 0.412 e. The summed E-state index contributed by atoms with van der Waals surface area (Å²) >= 11 is 0. The number of nitrogens with two attached hydrogens (primary N) is 2. The SMILES string of the molecule is Cl.Cl.NCCCNC(=O)Oc1c(OC(=O)NCCCN)c(-c2ccccc2)c2c(c1-c1ccccc1)OCO2. The van der Waals surface area contributed by atoms with Crippen LogP contribution in [0, 0.1) is 0 Å². The van der Waals surface area contributed by atoms with Crippen LogP contribution in [-0.4, -0.2) is 45.2 Å². The molecular formula is C27H32Cl2N4O6. The molecule has 0 aromatic heterocycles. The Kier molecular flexibility index (Phi) is 12.6. The molecule has 2 amide bonds. The predicted octanol–water partition coefficient (Wildman–Crippen LogP) is 4.47. The standard InChI is InChI=1S/C27H30N4O6.2ClH/c28-13-7-15-30-26(32)36-24-20(18-9-3-1-4-10-18)22-23(35-17-34-22)21(19-11-5-2-6-12-19)25(24)37-27(33)31-16-8-14-29;;/h1-6,9-12H,7-8,13-17,28-29H2,(H,30,32)(H,31,33);2*1H. The average Bonchev–Trinajstić information content (AvgIpc) is 3.39. The molecule has 1 aliphatic rings. The summed E-state index contributed by atoms with van der Waals surface area (Å²) in [4.78, 5) is 25.7. The maximum Gasteiger partial charge on any atom is 0.412 e. The van der Waals surface area contributed by atoms with Gasteiger partial charge in [-0.2, -0.15) is 0 Å². The van der Waals surface area contributed by atoms with Gasteiger partial charge in [-0.15, -0.1) is 24.8 Å². The highest BCUT2D eigenvalue weighted by molar-refractivity contribution is 5.96. The third-order valence-corrected chi connectivity index (χ3v) is 5.54. The Morgan fingerprint density at radius 2 is 1.08 bits per heavy atom. The van der Waals surface area contributed by atoms with Crippen molar-refractivity contribution in [2.24, 2.45) is 11.5 Å². The van der Waals surface area contributed by atoms with E-state index in [2.05, 4.69) is 10.6 Å². The molecule has 6 N–H and O–H groups in total. The fraction of sp³-hybridized carbons (Fsp3) is 0.259. The fourth-order valence-electron chi connectivity index (χ4n) is 3.85. The number of ether oxygens (including phenoxy) is 4. The van der Waals surface area contributed by atoms with E-state index in [0.29, 0.717) is 72.8 Å². The van der Waals surface area contributed by atoms with E-state index < -0.39 is 12.2 Å². The fourth-order valence-corrected chi connectivity index (χ4v) is 3.85. The number of carbonyl (C=O) groups excluding carboxylic acids is 2. The second kappa shape index (κ2) is 15.6. The molecule has 0 spiro atoms. The lowest BCUT2D eigenvalue weighted by Crippen LogP contribution is -2.31. The Morgan fingerprint density at radius 3 is 1.44 bits per heavy atom. The number of nitrogens with one attached hydrogen (secondary N) is 2. The first-order chi connectivity index (χ1) is 18.1. The minimum absolute atomic E-state index is 0. The maximum absolute atomic E-state index is 12.9. The van der Waals surface area contributed by atoms with Crippen LogP contribution < -0.4 is 41.0 Å². The number of hydrogen-bond donors (Lipinski definition) is 4. The van der Waals surface area contributed by atoms with Crippen molar-refractivity contribution in [1.82, 2.24) is 10.6 Å². The third-order valence-electron chi connectivity index (χ3n) is 5.54. The summed E-state index contributed by atoms with van der Waals surface area (Å²) in [6, 6.07) is 18.4. The predicted molar refractivity (Wildman–Crippen MR) is 153 cm³/mol. The minimum Gasteiger partial charge on any atom is -0.453 e. The number of halogens is 2. The Balaban J connectivity index is 0.00000267. The molecule has 0 saturated heterocycles. The monoisotopic (exact) mass is 578 g/mol. The van der Waals surface area contributed by atoms with Crippen LogP contribution in [0.25, 0.3) is 22.3 Å². The first kappa shape index (κ1) is 31.5. The molecule has 0 aliphatic carbocycles. The maximum atomic E-state index is 12.9. The van der Waals surface area contributed by atoms with Gasteiger partial charge in [0.25, 0.3) is 0 Å². The van der Waals surface area contributed by atoms with Gasteiger partial charge in [0.05, 0.1) is 11.1 Å². The molecule has 0 fully saturated rings. The van der Waals surface area contributed by atoms with E-state index in [1.54, 1.807) is 0 Å². The average molecular weight is 579 g/mol. The van der Waals surface area contributed by atoms with E-state index in [1.165, 1.54) is 0 Å². The number of benzene rings is 3. The van der Waals surface area contributed by atoms with Crippen LogP contribution in [0.1, 0.15) is 12.8 Å². The second-order valence-electron chi connectivity index (χ2n) is 8.12. The molecule has 12 heteroatoms. The normalized spacial score (nSPS) is 11.0. The van der Waals surface area contributed by atoms with Crippen LogP contribution >= 0.6 is 24.8 Å². The highest BCUT2D eigenvalue weighted by Gasteiger charge is 2.35. The highest BCUT2D eigenvalue weighted by Crippen LogP contribution is 2.58. The first-order valence-corrected chi connectivity index (χ1v) is 12.1. The van der Waals surface area contributed by atoms with Gasteiger partial charge in [-0.3, -0.25) is 0 Å². The van der Waals surface area contributed by atoms with E-state index in [0.717, 1.165) is 0 Å². The molecule has 0 radical (unpaired) electrons. The van der Waals surface area contributed by atoms with Crippen LogP contribution in [0.5, 0.6) is 23.0 Å². The lowest BCUT2D eigenvalue weighted by molar-refractivity contribution is 0.174. The number of amides is 2. The Hall–Kier alpha value is -3.70. The summed E-state index contributed by atoms with van der Waals surface area (Å²) in [5.41, 5.74) is 13.3. The minimum atomic E-state index is -0.725. The largest absolute Gasteiger partial charge is 0.453 e. The Morgan fingerprint density at radius 1 is 0.692 bits per heavy atom. The molecule has 39 heavy (non-hydrogen) atoms. The molecule has 1 heterocycles.